The van der Waals surface area contributed by atoms with Gasteiger partial charge in [-0.1, -0.05) is 6.07 Å². The molecule has 0 spiro atoms. The van der Waals surface area contributed by atoms with Crippen molar-refractivity contribution in [3.05, 3.63) is 26.9 Å². The second-order valence-electron chi connectivity index (χ2n) is 2.73. The zero-order valence-corrected chi connectivity index (χ0v) is 10.2. The van der Waals surface area contributed by atoms with E-state index in [2.05, 4.69) is 36.8 Å². The Hall–Kier alpha value is -0.460. The van der Waals surface area contributed by atoms with Gasteiger partial charge in [-0.3, -0.25) is 4.79 Å². The van der Waals surface area contributed by atoms with Crippen molar-refractivity contribution in [3.8, 4) is 0 Å². The molecule has 0 bridgehead atoms. The van der Waals surface area contributed by atoms with Crippen LogP contribution in [0.4, 0.5) is 0 Å². The minimum Gasteiger partial charge on any atom is -0.480 e. The first-order chi connectivity index (χ1) is 6.50. The third-order valence-corrected chi connectivity index (χ3v) is 2.78. The van der Waals surface area contributed by atoms with E-state index in [0.29, 0.717) is 9.21 Å². The summed E-state index contributed by atoms with van der Waals surface area (Å²) in [5.74, 6) is -1.01. The number of carbonyl (C=O) groups is 1. The summed E-state index contributed by atoms with van der Waals surface area (Å²) in [5, 5.41) is 8.62. The maximum atomic E-state index is 10.5. The molecule has 1 aromatic heterocycles. The van der Waals surface area contributed by atoms with Crippen LogP contribution in [0.25, 0.3) is 0 Å². The van der Waals surface area contributed by atoms with Crippen molar-refractivity contribution < 1.29 is 9.90 Å². The molecule has 3 N–H and O–H groups in total. The van der Waals surface area contributed by atoms with E-state index in [1.54, 1.807) is 12.1 Å². The first kappa shape index (κ1) is 11.6. The normalized spacial score (nSPS) is 12.5. The van der Waals surface area contributed by atoms with Gasteiger partial charge in [0.1, 0.15) is 15.2 Å². The molecule has 1 aromatic rings. The van der Waals surface area contributed by atoms with Crippen LogP contribution in [0.2, 0.25) is 0 Å². The zero-order valence-electron chi connectivity index (χ0n) is 7.08. The second kappa shape index (κ2) is 4.86. The highest BCUT2D eigenvalue weighted by atomic mass is 79.9. The van der Waals surface area contributed by atoms with Crippen molar-refractivity contribution in [2.45, 2.75) is 12.5 Å². The fourth-order valence-electron chi connectivity index (χ4n) is 0.917. The number of hydrogen-bond donors (Lipinski definition) is 2. The van der Waals surface area contributed by atoms with Crippen LogP contribution in [0, 0.1) is 0 Å². The topological polar surface area (TPSA) is 76.2 Å². The molecular weight excluding hydrogens is 316 g/mol. The van der Waals surface area contributed by atoms with Crippen LogP contribution in [-0.2, 0) is 11.2 Å². The number of aliphatic carboxylic acids is 1. The maximum absolute atomic E-state index is 10.5. The van der Waals surface area contributed by atoms with Crippen molar-refractivity contribution in [1.82, 2.24) is 4.98 Å². The van der Waals surface area contributed by atoms with E-state index >= 15 is 0 Å². The molecule has 76 valence electrons. The molecule has 0 unspecified atom stereocenters. The Morgan fingerprint density at radius 2 is 2.21 bits per heavy atom. The second-order valence-corrected chi connectivity index (χ2v) is 4.30. The Balaban J connectivity index is 2.82. The Labute approximate surface area is 97.8 Å². The summed E-state index contributed by atoms with van der Waals surface area (Å²) in [6.45, 7) is 0. The van der Waals surface area contributed by atoms with Gasteiger partial charge in [-0.15, -0.1) is 0 Å². The number of nitrogens with zero attached hydrogens (tertiary/aromatic N) is 1. The standard InChI is InChI=1S/C8H8Br2N2O2/c9-6-2-1-4(7(10)12-6)3-5(11)8(13)14/h1-2,5H,3,11H2,(H,13,14)/t5-/m1/s1. The molecule has 1 heterocycles. The van der Waals surface area contributed by atoms with Crippen LogP contribution < -0.4 is 5.73 Å². The van der Waals surface area contributed by atoms with Gasteiger partial charge in [0.25, 0.3) is 0 Å². The van der Waals surface area contributed by atoms with E-state index in [1.165, 1.54) is 0 Å². The number of pyridine rings is 1. The predicted octanol–water partition coefficient (Wildman–Crippen LogP) is 1.56. The summed E-state index contributed by atoms with van der Waals surface area (Å²) >= 11 is 6.44. The predicted molar refractivity (Wildman–Crippen MR) is 59.0 cm³/mol. The Morgan fingerprint density at radius 1 is 1.57 bits per heavy atom. The molecule has 0 saturated heterocycles. The first-order valence-corrected chi connectivity index (χ1v) is 5.38. The molecule has 0 aliphatic heterocycles. The monoisotopic (exact) mass is 322 g/mol. The lowest BCUT2D eigenvalue weighted by atomic mass is 10.1. The summed E-state index contributed by atoms with van der Waals surface area (Å²) < 4.78 is 1.31. The fraction of sp³-hybridized carbons (Fsp3) is 0.250. The molecule has 0 radical (unpaired) electrons. The van der Waals surface area contributed by atoms with Crippen LogP contribution in [0.5, 0.6) is 0 Å². The molecule has 6 heteroatoms. The zero-order chi connectivity index (χ0) is 10.7. The lowest BCUT2D eigenvalue weighted by molar-refractivity contribution is -0.138. The van der Waals surface area contributed by atoms with Gasteiger partial charge in [0.05, 0.1) is 0 Å². The summed E-state index contributed by atoms with van der Waals surface area (Å²) in [6, 6.07) is 2.63. The lowest BCUT2D eigenvalue weighted by Gasteiger charge is -2.07. The number of aromatic nitrogens is 1. The maximum Gasteiger partial charge on any atom is 0.320 e. The quantitative estimate of drug-likeness (QED) is 0.828. The molecule has 1 rings (SSSR count). The molecule has 0 aliphatic rings. The summed E-state index contributed by atoms with van der Waals surface area (Å²) in [7, 11) is 0. The van der Waals surface area contributed by atoms with Crippen molar-refractivity contribution in [3.63, 3.8) is 0 Å². The summed E-state index contributed by atoms with van der Waals surface area (Å²) in [6.07, 6.45) is 0.260. The molecule has 4 nitrogen and oxygen atoms in total. The van der Waals surface area contributed by atoms with Gasteiger partial charge >= 0.3 is 5.97 Å². The van der Waals surface area contributed by atoms with E-state index < -0.39 is 12.0 Å². The number of nitrogens with two attached hydrogens (primary N) is 1. The van der Waals surface area contributed by atoms with Gasteiger partial charge < -0.3 is 10.8 Å². The van der Waals surface area contributed by atoms with E-state index in [-0.39, 0.29) is 6.42 Å². The van der Waals surface area contributed by atoms with Crippen molar-refractivity contribution >= 4 is 37.8 Å². The average molecular weight is 324 g/mol. The Morgan fingerprint density at radius 3 is 2.71 bits per heavy atom. The van der Waals surface area contributed by atoms with Gasteiger partial charge in [0, 0.05) is 6.42 Å². The number of carboxylic acids is 1. The van der Waals surface area contributed by atoms with Gasteiger partial charge in [0.2, 0.25) is 0 Å². The smallest absolute Gasteiger partial charge is 0.320 e. The summed E-state index contributed by atoms with van der Waals surface area (Å²) in [5.41, 5.74) is 6.18. The molecule has 0 amide bonds. The largest absolute Gasteiger partial charge is 0.480 e. The summed E-state index contributed by atoms with van der Waals surface area (Å²) in [4.78, 5) is 14.6. The van der Waals surface area contributed by atoms with E-state index in [4.69, 9.17) is 10.8 Å². The van der Waals surface area contributed by atoms with Crippen LogP contribution >= 0.6 is 31.9 Å². The van der Waals surface area contributed by atoms with Crippen LogP contribution in [0.3, 0.4) is 0 Å². The van der Waals surface area contributed by atoms with Crippen molar-refractivity contribution in [2.75, 3.05) is 0 Å². The van der Waals surface area contributed by atoms with Crippen molar-refractivity contribution in [2.24, 2.45) is 5.73 Å². The molecule has 0 fully saturated rings. The minimum absolute atomic E-state index is 0.260. The SMILES string of the molecule is N[C@H](Cc1ccc(Br)nc1Br)C(=O)O. The number of hydrogen-bond acceptors (Lipinski definition) is 3. The van der Waals surface area contributed by atoms with Crippen LogP contribution in [0.1, 0.15) is 5.56 Å². The lowest BCUT2D eigenvalue weighted by Crippen LogP contribution is -2.32. The average Bonchev–Trinajstić information content (AvgIpc) is 2.09. The number of rotatable bonds is 3. The third-order valence-electron chi connectivity index (χ3n) is 1.65. The number of halogens is 2. The van der Waals surface area contributed by atoms with E-state index in [0.717, 1.165) is 5.56 Å². The number of carboxylic acid groups (broad SMARTS) is 1. The van der Waals surface area contributed by atoms with Crippen molar-refractivity contribution in [1.29, 1.82) is 0 Å². The van der Waals surface area contributed by atoms with Gasteiger partial charge in [-0.05, 0) is 43.5 Å². The molecule has 0 saturated carbocycles. The van der Waals surface area contributed by atoms with Crippen LogP contribution in [0.15, 0.2) is 21.3 Å². The molecule has 1 atom stereocenters. The van der Waals surface area contributed by atoms with Gasteiger partial charge in [-0.25, -0.2) is 4.98 Å². The highest BCUT2D eigenvalue weighted by Crippen LogP contribution is 2.18. The van der Waals surface area contributed by atoms with E-state index in [9.17, 15) is 4.79 Å². The highest BCUT2D eigenvalue weighted by Gasteiger charge is 2.14. The molecule has 14 heavy (non-hydrogen) atoms. The highest BCUT2D eigenvalue weighted by molar-refractivity contribution is 9.11. The Kier molecular flexibility index (Phi) is 4.03. The van der Waals surface area contributed by atoms with Gasteiger partial charge in [-0.2, -0.15) is 0 Å². The molecule has 0 aromatic carbocycles. The first-order valence-electron chi connectivity index (χ1n) is 3.80. The minimum atomic E-state index is -1.01. The van der Waals surface area contributed by atoms with Gasteiger partial charge in [0.15, 0.2) is 0 Å². The molecular formula is C8H8Br2N2O2. The van der Waals surface area contributed by atoms with Crippen LogP contribution in [-0.4, -0.2) is 22.1 Å². The Bertz CT molecular complexity index is 357. The third kappa shape index (κ3) is 3.04. The molecule has 0 aliphatic carbocycles. The fourth-order valence-corrected chi connectivity index (χ4v) is 1.95. The van der Waals surface area contributed by atoms with E-state index in [1.807, 2.05) is 0 Å².